The first-order chi connectivity index (χ1) is 16.5. The highest BCUT2D eigenvalue weighted by molar-refractivity contribution is 7.21. The molecule has 0 amide bonds. The molecule has 10 heteroatoms. The van der Waals surface area contributed by atoms with Crippen molar-refractivity contribution in [3.63, 3.8) is 0 Å². The number of anilines is 3. The molecule has 4 aromatic rings. The molecule has 0 spiro atoms. The molecule has 1 aliphatic heterocycles. The van der Waals surface area contributed by atoms with Crippen molar-refractivity contribution in [1.29, 1.82) is 0 Å². The summed E-state index contributed by atoms with van der Waals surface area (Å²) in [5, 5.41) is 3.53. The highest BCUT2D eigenvalue weighted by Gasteiger charge is 2.18. The first kappa shape index (κ1) is 22.6. The van der Waals surface area contributed by atoms with Gasteiger partial charge in [-0.15, -0.1) is 11.3 Å². The highest BCUT2D eigenvalue weighted by Crippen LogP contribution is 2.34. The number of halogens is 2. The Hall–Kier alpha value is -3.21. The summed E-state index contributed by atoms with van der Waals surface area (Å²) >= 11 is 1.20. The lowest BCUT2D eigenvalue weighted by molar-refractivity contribution is 0.122. The van der Waals surface area contributed by atoms with Crippen molar-refractivity contribution in [2.24, 2.45) is 0 Å². The third-order valence-corrected chi connectivity index (χ3v) is 6.50. The summed E-state index contributed by atoms with van der Waals surface area (Å²) in [6.07, 6.45) is 1.65. The Balaban J connectivity index is 1.43. The molecule has 0 radical (unpaired) electrons. The van der Waals surface area contributed by atoms with Crippen molar-refractivity contribution < 1.29 is 13.5 Å². The molecule has 176 valence electrons. The number of fused-ring (bicyclic) bond motifs is 1. The summed E-state index contributed by atoms with van der Waals surface area (Å²) in [5.74, 6) is -0.0521. The van der Waals surface area contributed by atoms with Crippen LogP contribution in [0.25, 0.3) is 20.8 Å². The number of hydrogen-bond donors (Lipinski definition) is 1. The molecular formula is C24H24F2N6OS. The molecule has 0 aliphatic carbocycles. The number of morpholine rings is 1. The van der Waals surface area contributed by atoms with Gasteiger partial charge < -0.3 is 19.9 Å². The Kier molecular flexibility index (Phi) is 6.36. The second-order valence-electron chi connectivity index (χ2n) is 8.28. The molecule has 0 bridgehead atoms. The van der Waals surface area contributed by atoms with Crippen LogP contribution in [0.4, 0.5) is 26.1 Å². The zero-order valence-electron chi connectivity index (χ0n) is 18.9. The average Bonchev–Trinajstić information content (AvgIpc) is 3.22. The number of nitrogens with zero attached hydrogens (tertiary/aromatic N) is 5. The zero-order valence-corrected chi connectivity index (χ0v) is 19.7. The van der Waals surface area contributed by atoms with Gasteiger partial charge in [-0.05, 0) is 38.4 Å². The molecule has 0 saturated carbocycles. The molecule has 1 N–H and O–H groups in total. The molecule has 34 heavy (non-hydrogen) atoms. The number of rotatable bonds is 6. The fourth-order valence-electron chi connectivity index (χ4n) is 3.91. The van der Waals surface area contributed by atoms with Crippen LogP contribution in [0.5, 0.6) is 0 Å². The Morgan fingerprint density at radius 2 is 1.82 bits per heavy atom. The van der Waals surface area contributed by atoms with E-state index < -0.39 is 11.6 Å². The van der Waals surface area contributed by atoms with Crippen LogP contribution in [0.15, 0.2) is 42.6 Å². The van der Waals surface area contributed by atoms with E-state index in [1.54, 1.807) is 12.3 Å². The standard InChI is InChI=1S/C24H24F2N6OS/c1-31(2)14-18-19(32-8-10-33-11-9-32)6-7-21(28-18)30-22-12-17-20(13-27-22)34-24(29-17)23-15(25)4-3-5-16(23)26/h3-7,12-13H,8-11,14H2,1-2H3,(H,27,28,30). The van der Waals surface area contributed by atoms with Gasteiger partial charge in [0, 0.05) is 31.9 Å². The summed E-state index contributed by atoms with van der Waals surface area (Å²) in [6.45, 7) is 3.78. The van der Waals surface area contributed by atoms with Crippen molar-refractivity contribution in [2.75, 3.05) is 50.6 Å². The van der Waals surface area contributed by atoms with E-state index in [0.717, 1.165) is 29.2 Å². The maximum Gasteiger partial charge on any atom is 0.136 e. The Labute approximate surface area is 200 Å². The maximum atomic E-state index is 14.2. The molecule has 3 aromatic heterocycles. The van der Waals surface area contributed by atoms with Gasteiger partial charge in [0.1, 0.15) is 28.3 Å². The molecule has 5 rings (SSSR count). The first-order valence-electron chi connectivity index (χ1n) is 10.9. The van der Waals surface area contributed by atoms with E-state index >= 15 is 0 Å². The van der Waals surface area contributed by atoms with Crippen LogP contribution in [0.3, 0.4) is 0 Å². The normalized spacial score (nSPS) is 14.2. The van der Waals surface area contributed by atoms with Gasteiger partial charge in [0.05, 0.1) is 40.4 Å². The second kappa shape index (κ2) is 9.57. The molecule has 0 unspecified atom stereocenters. The van der Waals surface area contributed by atoms with Gasteiger partial charge in [0.2, 0.25) is 0 Å². The van der Waals surface area contributed by atoms with E-state index in [4.69, 9.17) is 9.72 Å². The lowest BCUT2D eigenvalue weighted by Gasteiger charge is -2.31. The van der Waals surface area contributed by atoms with Gasteiger partial charge in [-0.2, -0.15) is 0 Å². The number of pyridine rings is 2. The predicted octanol–water partition coefficient (Wildman–Crippen LogP) is 4.67. The Morgan fingerprint density at radius 1 is 1.06 bits per heavy atom. The van der Waals surface area contributed by atoms with Crippen LogP contribution in [-0.2, 0) is 11.3 Å². The second-order valence-corrected chi connectivity index (χ2v) is 9.31. The van der Waals surface area contributed by atoms with E-state index in [1.807, 2.05) is 20.2 Å². The fraction of sp³-hybridized carbons (Fsp3) is 0.292. The van der Waals surface area contributed by atoms with Gasteiger partial charge in [0.25, 0.3) is 0 Å². The summed E-state index contributed by atoms with van der Waals surface area (Å²) in [6, 6.07) is 9.56. The SMILES string of the molecule is CN(C)Cc1nc(Nc2cc3nc(-c4c(F)cccc4F)sc3cn2)ccc1N1CCOCC1. The monoisotopic (exact) mass is 482 g/mol. The van der Waals surface area contributed by atoms with E-state index in [1.165, 1.54) is 29.5 Å². The molecular weight excluding hydrogens is 458 g/mol. The Morgan fingerprint density at radius 3 is 2.56 bits per heavy atom. The maximum absolute atomic E-state index is 14.2. The molecule has 1 aliphatic rings. The van der Waals surface area contributed by atoms with Gasteiger partial charge >= 0.3 is 0 Å². The quantitative estimate of drug-likeness (QED) is 0.428. The van der Waals surface area contributed by atoms with Crippen molar-refractivity contribution in [3.8, 4) is 10.6 Å². The number of thiazole rings is 1. The van der Waals surface area contributed by atoms with Crippen molar-refractivity contribution in [1.82, 2.24) is 19.9 Å². The summed E-state index contributed by atoms with van der Waals surface area (Å²) in [7, 11) is 4.02. The van der Waals surface area contributed by atoms with Gasteiger partial charge in [-0.3, -0.25) is 0 Å². The summed E-state index contributed by atoms with van der Waals surface area (Å²) in [4.78, 5) is 18.1. The zero-order chi connectivity index (χ0) is 23.7. The smallest absolute Gasteiger partial charge is 0.136 e. The topological polar surface area (TPSA) is 66.4 Å². The number of nitrogens with one attached hydrogen (secondary N) is 1. The van der Waals surface area contributed by atoms with E-state index in [2.05, 4.69) is 31.2 Å². The molecule has 0 atom stereocenters. The summed E-state index contributed by atoms with van der Waals surface area (Å²) < 4.78 is 34.6. The molecule has 4 heterocycles. The molecule has 1 saturated heterocycles. The molecule has 1 aromatic carbocycles. The third-order valence-electron chi connectivity index (χ3n) is 5.48. The van der Waals surface area contributed by atoms with Crippen LogP contribution < -0.4 is 10.2 Å². The van der Waals surface area contributed by atoms with Crippen molar-refractivity contribution >= 4 is 38.9 Å². The van der Waals surface area contributed by atoms with Crippen LogP contribution >= 0.6 is 11.3 Å². The minimum absolute atomic E-state index is 0.119. The molecule has 1 fully saturated rings. The van der Waals surface area contributed by atoms with Gasteiger partial charge in [0.15, 0.2) is 0 Å². The predicted molar refractivity (Wildman–Crippen MR) is 131 cm³/mol. The highest BCUT2D eigenvalue weighted by atomic mass is 32.1. The average molecular weight is 483 g/mol. The first-order valence-corrected chi connectivity index (χ1v) is 11.7. The van der Waals surface area contributed by atoms with E-state index in [9.17, 15) is 8.78 Å². The largest absolute Gasteiger partial charge is 0.378 e. The summed E-state index contributed by atoms with van der Waals surface area (Å²) in [5.41, 5.74) is 2.55. The van der Waals surface area contributed by atoms with Crippen LogP contribution in [0.1, 0.15) is 5.69 Å². The van der Waals surface area contributed by atoms with E-state index in [0.29, 0.717) is 36.9 Å². The van der Waals surface area contributed by atoms with Crippen LogP contribution in [-0.4, -0.2) is 60.3 Å². The number of aromatic nitrogens is 3. The lowest BCUT2D eigenvalue weighted by atomic mass is 10.2. The number of ether oxygens (including phenoxy) is 1. The van der Waals surface area contributed by atoms with Gasteiger partial charge in [-0.1, -0.05) is 6.07 Å². The third kappa shape index (κ3) is 4.70. The van der Waals surface area contributed by atoms with Gasteiger partial charge in [-0.25, -0.2) is 23.7 Å². The fourth-order valence-corrected chi connectivity index (χ4v) is 4.88. The van der Waals surface area contributed by atoms with Crippen LogP contribution in [0, 0.1) is 11.6 Å². The lowest BCUT2D eigenvalue weighted by Crippen LogP contribution is -2.37. The Bertz CT molecular complexity index is 1300. The van der Waals surface area contributed by atoms with Crippen molar-refractivity contribution in [3.05, 3.63) is 59.9 Å². The number of hydrogen-bond acceptors (Lipinski definition) is 8. The minimum Gasteiger partial charge on any atom is -0.378 e. The van der Waals surface area contributed by atoms with E-state index in [-0.39, 0.29) is 10.6 Å². The minimum atomic E-state index is -0.636. The van der Waals surface area contributed by atoms with Crippen molar-refractivity contribution in [2.45, 2.75) is 6.54 Å². The number of benzene rings is 1. The molecule has 7 nitrogen and oxygen atoms in total. The van der Waals surface area contributed by atoms with Crippen LogP contribution in [0.2, 0.25) is 0 Å².